The molecule has 0 fully saturated rings. The van der Waals surface area contributed by atoms with Crippen molar-refractivity contribution in [1.82, 2.24) is 4.98 Å². The van der Waals surface area contributed by atoms with Gasteiger partial charge < -0.3 is 0 Å². The number of unbranched alkanes of at least 4 members (excludes halogenated alkanes) is 1. The Morgan fingerprint density at radius 1 is 1.21 bits per heavy atom. The zero-order valence-corrected chi connectivity index (χ0v) is 12.3. The molecule has 0 aliphatic heterocycles. The summed E-state index contributed by atoms with van der Waals surface area (Å²) < 4.78 is 0. The van der Waals surface area contributed by atoms with Gasteiger partial charge >= 0.3 is 0 Å². The largest absolute Gasteiger partial charge is 0.252 e. The highest BCUT2D eigenvalue weighted by Crippen LogP contribution is 2.33. The zero-order valence-electron chi connectivity index (χ0n) is 11.5. The third-order valence-corrected chi connectivity index (χ3v) is 4.51. The van der Waals surface area contributed by atoms with E-state index in [9.17, 15) is 0 Å². The van der Waals surface area contributed by atoms with Crippen LogP contribution >= 0.6 is 11.6 Å². The molecule has 2 aromatic rings. The van der Waals surface area contributed by atoms with Crippen LogP contribution in [0.5, 0.6) is 0 Å². The van der Waals surface area contributed by atoms with Crippen LogP contribution < -0.4 is 0 Å². The van der Waals surface area contributed by atoms with Crippen LogP contribution in [0.3, 0.4) is 0 Å². The molecule has 1 heterocycles. The molecule has 1 nitrogen and oxygen atoms in total. The van der Waals surface area contributed by atoms with Gasteiger partial charge in [0, 0.05) is 11.1 Å². The van der Waals surface area contributed by atoms with Gasteiger partial charge in [-0.1, -0.05) is 31.0 Å². The maximum atomic E-state index is 6.63. The van der Waals surface area contributed by atoms with E-state index in [4.69, 9.17) is 16.6 Å². The van der Waals surface area contributed by atoms with Gasteiger partial charge in [-0.05, 0) is 61.8 Å². The third kappa shape index (κ3) is 2.49. The Balaban J connectivity index is 2.09. The Labute approximate surface area is 120 Å². The molecule has 100 valence electrons. The van der Waals surface area contributed by atoms with Gasteiger partial charge in [-0.25, -0.2) is 0 Å². The second-order valence-electron chi connectivity index (χ2n) is 5.51. The van der Waals surface area contributed by atoms with Crippen molar-refractivity contribution in [3.8, 4) is 0 Å². The van der Waals surface area contributed by atoms with Crippen LogP contribution in [0, 0.1) is 0 Å². The SMILES string of the molecule is CCCCc1ccc2nc3c(c(Cl)c2c1)CCCC3. The summed E-state index contributed by atoms with van der Waals surface area (Å²) in [5.41, 5.74) is 4.97. The van der Waals surface area contributed by atoms with Crippen LogP contribution in [-0.2, 0) is 19.3 Å². The molecule has 1 aliphatic carbocycles. The predicted molar refractivity (Wildman–Crippen MR) is 82.0 cm³/mol. The molecular formula is C17H20ClN. The highest BCUT2D eigenvalue weighted by molar-refractivity contribution is 6.36. The van der Waals surface area contributed by atoms with E-state index in [1.54, 1.807) is 0 Å². The lowest BCUT2D eigenvalue weighted by atomic mass is 9.94. The molecule has 0 amide bonds. The normalized spacial score (nSPS) is 14.6. The summed E-state index contributed by atoms with van der Waals surface area (Å²) >= 11 is 6.63. The first-order valence-electron chi connectivity index (χ1n) is 7.39. The monoisotopic (exact) mass is 273 g/mol. The Hall–Kier alpha value is -1.08. The molecule has 0 spiro atoms. The van der Waals surface area contributed by atoms with Gasteiger partial charge in [0.15, 0.2) is 0 Å². The molecule has 1 aromatic carbocycles. The molecule has 0 saturated carbocycles. The fourth-order valence-corrected chi connectivity index (χ4v) is 3.30. The van der Waals surface area contributed by atoms with Gasteiger partial charge in [0.2, 0.25) is 0 Å². The lowest BCUT2D eigenvalue weighted by molar-refractivity contribution is 0.671. The summed E-state index contributed by atoms with van der Waals surface area (Å²) in [4.78, 5) is 4.81. The number of rotatable bonds is 3. The van der Waals surface area contributed by atoms with Crippen LogP contribution in [0.1, 0.15) is 49.4 Å². The predicted octanol–water partition coefficient (Wildman–Crippen LogP) is 5.11. The van der Waals surface area contributed by atoms with Gasteiger partial charge in [0.05, 0.1) is 10.5 Å². The standard InChI is InChI=1S/C17H20ClN/c1-2-3-6-12-9-10-16-14(11-12)17(18)13-7-4-5-8-15(13)19-16/h9-11H,2-8H2,1H3. The number of pyridine rings is 1. The molecule has 1 aliphatic rings. The number of aromatic nitrogens is 1. The average molecular weight is 274 g/mol. The van der Waals surface area contributed by atoms with E-state index in [0.29, 0.717) is 0 Å². The number of halogens is 1. The minimum Gasteiger partial charge on any atom is -0.252 e. The molecule has 0 atom stereocenters. The van der Waals surface area contributed by atoms with Gasteiger partial charge in [0.1, 0.15) is 0 Å². The summed E-state index contributed by atoms with van der Waals surface area (Å²) in [6.45, 7) is 2.23. The first-order chi connectivity index (χ1) is 9.29. The molecule has 19 heavy (non-hydrogen) atoms. The van der Waals surface area contributed by atoms with E-state index in [-0.39, 0.29) is 0 Å². The van der Waals surface area contributed by atoms with Crippen molar-refractivity contribution in [3.63, 3.8) is 0 Å². The van der Waals surface area contributed by atoms with Crippen LogP contribution in [0.15, 0.2) is 18.2 Å². The lowest BCUT2D eigenvalue weighted by Crippen LogP contribution is -2.06. The van der Waals surface area contributed by atoms with Crippen molar-refractivity contribution >= 4 is 22.5 Å². The summed E-state index contributed by atoms with van der Waals surface area (Å²) in [7, 11) is 0. The minimum absolute atomic E-state index is 0.957. The Morgan fingerprint density at radius 2 is 2.05 bits per heavy atom. The second-order valence-corrected chi connectivity index (χ2v) is 5.89. The Bertz CT molecular complexity index is 604. The first-order valence-corrected chi connectivity index (χ1v) is 7.77. The molecule has 0 saturated heterocycles. The quantitative estimate of drug-likeness (QED) is 0.757. The van der Waals surface area contributed by atoms with E-state index >= 15 is 0 Å². The van der Waals surface area contributed by atoms with Crippen molar-refractivity contribution in [2.24, 2.45) is 0 Å². The van der Waals surface area contributed by atoms with E-state index < -0.39 is 0 Å². The number of aryl methyl sites for hydroxylation is 2. The van der Waals surface area contributed by atoms with Crippen LogP contribution in [0.4, 0.5) is 0 Å². The number of benzene rings is 1. The van der Waals surface area contributed by atoms with Crippen molar-refractivity contribution in [2.75, 3.05) is 0 Å². The summed E-state index contributed by atoms with van der Waals surface area (Å²) in [6, 6.07) is 6.59. The Kier molecular flexibility index (Phi) is 3.74. The topological polar surface area (TPSA) is 12.9 Å². The molecular weight excluding hydrogens is 254 g/mol. The van der Waals surface area contributed by atoms with Crippen LogP contribution in [0.25, 0.3) is 10.9 Å². The molecule has 0 radical (unpaired) electrons. The average Bonchev–Trinajstić information content (AvgIpc) is 2.46. The highest BCUT2D eigenvalue weighted by atomic mass is 35.5. The van der Waals surface area contributed by atoms with Crippen molar-refractivity contribution in [2.45, 2.75) is 51.9 Å². The number of hydrogen-bond acceptors (Lipinski definition) is 1. The van der Waals surface area contributed by atoms with Crippen molar-refractivity contribution in [3.05, 3.63) is 40.0 Å². The highest BCUT2D eigenvalue weighted by Gasteiger charge is 2.16. The van der Waals surface area contributed by atoms with Gasteiger partial charge in [-0.2, -0.15) is 0 Å². The fourth-order valence-electron chi connectivity index (χ4n) is 2.95. The molecule has 1 aromatic heterocycles. The van der Waals surface area contributed by atoms with Crippen molar-refractivity contribution in [1.29, 1.82) is 0 Å². The van der Waals surface area contributed by atoms with Gasteiger partial charge in [-0.3, -0.25) is 4.98 Å². The third-order valence-electron chi connectivity index (χ3n) is 4.08. The number of nitrogens with zero attached hydrogens (tertiary/aromatic N) is 1. The Morgan fingerprint density at radius 3 is 2.89 bits per heavy atom. The van der Waals surface area contributed by atoms with E-state index in [1.807, 2.05) is 0 Å². The maximum absolute atomic E-state index is 6.63. The summed E-state index contributed by atoms with van der Waals surface area (Å²) in [5, 5.41) is 2.11. The fraction of sp³-hybridized carbons (Fsp3) is 0.471. The lowest BCUT2D eigenvalue weighted by Gasteiger charge is -2.18. The first kappa shape index (κ1) is 12.9. The second kappa shape index (κ2) is 5.50. The molecule has 0 unspecified atom stereocenters. The van der Waals surface area contributed by atoms with Crippen LogP contribution in [0.2, 0.25) is 5.02 Å². The van der Waals surface area contributed by atoms with Gasteiger partial charge in [0.25, 0.3) is 0 Å². The zero-order chi connectivity index (χ0) is 13.2. The van der Waals surface area contributed by atoms with E-state index in [2.05, 4.69) is 25.1 Å². The van der Waals surface area contributed by atoms with Crippen LogP contribution in [-0.4, -0.2) is 4.98 Å². The summed E-state index contributed by atoms with van der Waals surface area (Å²) in [6.07, 6.45) is 8.28. The molecule has 2 heteroatoms. The van der Waals surface area contributed by atoms with Crippen molar-refractivity contribution < 1.29 is 0 Å². The molecule has 0 N–H and O–H groups in total. The molecule has 0 bridgehead atoms. The minimum atomic E-state index is 0.957. The maximum Gasteiger partial charge on any atom is 0.0720 e. The molecule has 3 rings (SSSR count). The number of hydrogen-bond donors (Lipinski definition) is 0. The van der Waals surface area contributed by atoms with Gasteiger partial charge in [-0.15, -0.1) is 0 Å². The van der Waals surface area contributed by atoms with E-state index in [1.165, 1.54) is 42.5 Å². The van der Waals surface area contributed by atoms with E-state index in [0.717, 1.165) is 35.2 Å². The number of fused-ring (bicyclic) bond motifs is 2. The summed E-state index contributed by atoms with van der Waals surface area (Å²) in [5.74, 6) is 0. The smallest absolute Gasteiger partial charge is 0.0720 e.